The third-order valence-electron chi connectivity index (χ3n) is 4.84. The third-order valence-corrected chi connectivity index (χ3v) is 5.31. The molecule has 2 heterocycles. The maximum absolute atomic E-state index is 13.3. The zero-order valence-electron chi connectivity index (χ0n) is 15.7. The summed E-state index contributed by atoms with van der Waals surface area (Å²) in [7, 11) is 1.94. The fourth-order valence-electron chi connectivity index (χ4n) is 3.14. The molecule has 1 fully saturated rings. The van der Waals surface area contributed by atoms with Crippen molar-refractivity contribution in [1.29, 1.82) is 0 Å². The van der Waals surface area contributed by atoms with Crippen LogP contribution < -0.4 is 5.56 Å². The molecule has 0 N–H and O–H groups in total. The molecule has 2 aromatic rings. The summed E-state index contributed by atoms with van der Waals surface area (Å²) in [5.74, 6) is -1.06. The lowest BCUT2D eigenvalue weighted by atomic mass is 10.0. The number of piperazine rings is 1. The number of nitro groups is 1. The molecule has 152 valence electrons. The summed E-state index contributed by atoms with van der Waals surface area (Å²) in [6.45, 7) is 2.22. The molecular weight excluding hydrogens is 444 g/mol. The Morgan fingerprint density at radius 1 is 1.07 bits per heavy atom. The summed E-state index contributed by atoms with van der Waals surface area (Å²) >= 11 is 3.27. The number of nitrogens with zero attached hydrogens (tertiary/aromatic N) is 4. The molecule has 29 heavy (non-hydrogen) atoms. The van der Waals surface area contributed by atoms with Crippen molar-refractivity contribution < 1.29 is 14.5 Å². The van der Waals surface area contributed by atoms with E-state index in [9.17, 15) is 24.5 Å². The van der Waals surface area contributed by atoms with E-state index in [1.54, 1.807) is 4.90 Å². The molecule has 1 aromatic carbocycles. The van der Waals surface area contributed by atoms with E-state index >= 15 is 0 Å². The molecule has 1 aliphatic rings. The second kappa shape index (κ2) is 8.66. The molecule has 1 atom stereocenters. The van der Waals surface area contributed by atoms with Gasteiger partial charge in [0.1, 0.15) is 0 Å². The summed E-state index contributed by atoms with van der Waals surface area (Å²) in [6, 6.07) is 6.43. The summed E-state index contributed by atoms with van der Waals surface area (Å²) in [4.78, 5) is 52.9. The topological polar surface area (TPSA) is 106 Å². The molecule has 1 aromatic heterocycles. The number of rotatable bonds is 5. The van der Waals surface area contributed by atoms with Crippen LogP contribution in [0.4, 0.5) is 5.69 Å². The number of Topliss-reactive ketones (excluding diaryl/α,β-unsaturated/α-hetero) is 1. The predicted molar refractivity (Wildman–Crippen MR) is 109 cm³/mol. The second-order valence-corrected chi connectivity index (χ2v) is 7.71. The number of benzene rings is 1. The molecule has 1 amide bonds. The number of ketones is 1. The van der Waals surface area contributed by atoms with Gasteiger partial charge in [-0.25, -0.2) is 0 Å². The van der Waals surface area contributed by atoms with Gasteiger partial charge in [0.15, 0.2) is 11.8 Å². The van der Waals surface area contributed by atoms with Crippen molar-refractivity contribution in [3.05, 3.63) is 73.1 Å². The van der Waals surface area contributed by atoms with Crippen molar-refractivity contribution >= 4 is 33.3 Å². The van der Waals surface area contributed by atoms with E-state index in [2.05, 4.69) is 20.8 Å². The average Bonchev–Trinajstić information content (AvgIpc) is 2.71. The predicted octanol–water partition coefficient (Wildman–Crippen LogP) is 1.72. The maximum atomic E-state index is 13.3. The van der Waals surface area contributed by atoms with Crippen molar-refractivity contribution in [3.63, 3.8) is 0 Å². The highest BCUT2D eigenvalue weighted by Crippen LogP contribution is 2.21. The number of hydrogen-bond acceptors (Lipinski definition) is 6. The number of pyridine rings is 1. The lowest BCUT2D eigenvalue weighted by Crippen LogP contribution is -2.51. The molecule has 9 nitrogen and oxygen atoms in total. The number of amides is 1. The van der Waals surface area contributed by atoms with Crippen LogP contribution in [0.25, 0.3) is 0 Å². The Bertz CT molecular complexity index is 996. The zero-order chi connectivity index (χ0) is 21.1. The van der Waals surface area contributed by atoms with E-state index in [1.165, 1.54) is 42.6 Å². The number of carbonyl (C=O) groups is 2. The number of aromatic nitrogens is 1. The first-order valence-electron chi connectivity index (χ1n) is 8.91. The molecule has 0 aliphatic carbocycles. The minimum atomic E-state index is -1.38. The molecule has 10 heteroatoms. The van der Waals surface area contributed by atoms with Crippen LogP contribution in [0.3, 0.4) is 0 Å². The van der Waals surface area contributed by atoms with Gasteiger partial charge in [0.05, 0.1) is 4.92 Å². The van der Waals surface area contributed by atoms with Crippen LogP contribution in [0.1, 0.15) is 16.4 Å². The van der Waals surface area contributed by atoms with Crippen molar-refractivity contribution in [2.75, 3.05) is 33.2 Å². The largest absolute Gasteiger partial charge is 0.338 e. The smallest absolute Gasteiger partial charge is 0.269 e. The Hall–Kier alpha value is -2.85. The minimum absolute atomic E-state index is 0.120. The molecule has 1 unspecified atom stereocenters. The molecular formula is C19H19BrN4O5. The quantitative estimate of drug-likeness (QED) is 0.289. The van der Waals surface area contributed by atoms with E-state index in [1.807, 2.05) is 7.05 Å². The Labute approximate surface area is 174 Å². The lowest BCUT2D eigenvalue weighted by molar-refractivity contribution is -0.384. The van der Waals surface area contributed by atoms with Crippen molar-refractivity contribution in [3.8, 4) is 0 Å². The summed E-state index contributed by atoms with van der Waals surface area (Å²) in [5.41, 5.74) is -0.533. The van der Waals surface area contributed by atoms with Crippen LogP contribution in [-0.2, 0) is 4.79 Å². The Morgan fingerprint density at radius 2 is 1.69 bits per heavy atom. The van der Waals surface area contributed by atoms with E-state index < -0.39 is 28.2 Å². The first-order valence-corrected chi connectivity index (χ1v) is 9.71. The molecule has 0 saturated carbocycles. The fraction of sp³-hybridized carbons (Fsp3) is 0.316. The average molecular weight is 463 g/mol. The fourth-order valence-corrected chi connectivity index (χ4v) is 3.49. The summed E-state index contributed by atoms with van der Waals surface area (Å²) in [5, 5.41) is 10.9. The SMILES string of the molecule is CN1CCN(C(=O)C(C(=O)c2ccc([N+](=O)[O-])cc2)n2cc(Br)ccc2=O)CC1. The monoisotopic (exact) mass is 462 g/mol. The maximum Gasteiger partial charge on any atom is 0.269 e. The van der Waals surface area contributed by atoms with Crippen molar-refractivity contribution in [1.82, 2.24) is 14.4 Å². The number of likely N-dealkylation sites (N-methyl/N-ethyl adjacent to an activating group) is 1. The van der Waals surface area contributed by atoms with Gasteiger partial charge in [-0.1, -0.05) is 0 Å². The van der Waals surface area contributed by atoms with Crippen LogP contribution in [0.2, 0.25) is 0 Å². The van der Waals surface area contributed by atoms with Crippen LogP contribution in [-0.4, -0.2) is 64.2 Å². The molecule has 3 rings (SSSR count). The molecule has 0 spiro atoms. The van der Waals surface area contributed by atoms with Crippen molar-refractivity contribution in [2.24, 2.45) is 0 Å². The molecule has 1 aliphatic heterocycles. The van der Waals surface area contributed by atoms with Gasteiger partial charge in [-0.2, -0.15) is 0 Å². The van der Waals surface area contributed by atoms with E-state index in [0.29, 0.717) is 30.7 Å². The number of nitro benzene ring substituents is 1. The van der Waals surface area contributed by atoms with Gasteiger partial charge in [0.25, 0.3) is 17.2 Å². The minimum Gasteiger partial charge on any atom is -0.338 e. The number of carbonyl (C=O) groups excluding carboxylic acids is 2. The van der Waals surface area contributed by atoms with Crippen LogP contribution in [0.5, 0.6) is 0 Å². The van der Waals surface area contributed by atoms with E-state index in [4.69, 9.17) is 0 Å². The molecule has 0 radical (unpaired) electrons. The Morgan fingerprint density at radius 3 is 2.28 bits per heavy atom. The van der Waals surface area contributed by atoms with Gasteiger partial charge < -0.3 is 9.80 Å². The lowest BCUT2D eigenvalue weighted by Gasteiger charge is -2.34. The first-order chi connectivity index (χ1) is 13.8. The Kier molecular flexibility index (Phi) is 6.23. The zero-order valence-corrected chi connectivity index (χ0v) is 17.2. The second-order valence-electron chi connectivity index (χ2n) is 6.79. The highest BCUT2D eigenvalue weighted by Gasteiger charge is 2.35. The first kappa shape index (κ1) is 20.9. The highest BCUT2D eigenvalue weighted by molar-refractivity contribution is 9.10. The number of halogens is 1. The number of non-ortho nitro benzene ring substituents is 1. The molecule has 0 bridgehead atoms. The van der Waals surface area contributed by atoms with Gasteiger partial charge in [-0.05, 0) is 41.2 Å². The Balaban J connectivity index is 2.01. The normalized spacial score (nSPS) is 15.7. The van der Waals surface area contributed by atoms with Gasteiger partial charge in [0.2, 0.25) is 0 Å². The van der Waals surface area contributed by atoms with Gasteiger partial charge >= 0.3 is 0 Å². The van der Waals surface area contributed by atoms with Crippen LogP contribution in [0.15, 0.2) is 51.9 Å². The van der Waals surface area contributed by atoms with E-state index in [0.717, 1.165) is 4.57 Å². The standard InChI is InChI=1S/C19H19BrN4O5/c1-21-8-10-22(11-9-21)19(27)17(23-12-14(20)4-7-16(23)25)18(26)13-2-5-15(6-3-13)24(28)29/h2-7,12,17H,8-11H2,1H3. The highest BCUT2D eigenvalue weighted by atomic mass is 79.9. The summed E-state index contributed by atoms with van der Waals surface area (Å²) < 4.78 is 1.65. The van der Waals surface area contributed by atoms with E-state index in [-0.39, 0.29) is 11.3 Å². The number of hydrogen-bond donors (Lipinski definition) is 0. The molecule has 1 saturated heterocycles. The van der Waals surface area contributed by atoms with Crippen molar-refractivity contribution in [2.45, 2.75) is 6.04 Å². The third kappa shape index (κ3) is 4.60. The van der Waals surface area contributed by atoms with Gasteiger partial charge in [-0.3, -0.25) is 29.1 Å². The summed E-state index contributed by atoms with van der Waals surface area (Å²) in [6.07, 6.45) is 1.41. The van der Waals surface area contributed by atoms with Crippen LogP contribution >= 0.6 is 15.9 Å². The van der Waals surface area contributed by atoms with Gasteiger partial charge in [-0.15, -0.1) is 0 Å². The van der Waals surface area contributed by atoms with Gasteiger partial charge in [0, 0.05) is 60.6 Å². The van der Waals surface area contributed by atoms with Crippen LogP contribution in [0, 0.1) is 10.1 Å².